The number of aromatic amines is 1. The Balaban J connectivity index is 1.45. The van der Waals surface area contributed by atoms with Gasteiger partial charge in [-0.05, 0) is 31.2 Å². The van der Waals surface area contributed by atoms with E-state index in [9.17, 15) is 4.79 Å². The molecule has 1 aromatic carbocycles. The molecular weight excluding hydrogens is 330 g/mol. The molecule has 4 nitrogen and oxygen atoms in total. The lowest BCUT2D eigenvalue weighted by atomic mass is 9.89. The highest BCUT2D eigenvalue weighted by Crippen LogP contribution is 2.23. The summed E-state index contributed by atoms with van der Waals surface area (Å²) in [6.45, 7) is 2.87. The zero-order valence-corrected chi connectivity index (χ0v) is 15.7. The van der Waals surface area contributed by atoms with E-state index in [1.165, 1.54) is 49.4 Å². The second kappa shape index (κ2) is 9.09. The van der Waals surface area contributed by atoms with Crippen LogP contribution in [0.25, 0.3) is 0 Å². The van der Waals surface area contributed by atoms with Crippen LogP contribution in [0.15, 0.2) is 35.5 Å². The molecule has 1 aliphatic rings. The normalized spacial score (nSPS) is 15.2. The Labute approximate surface area is 154 Å². The van der Waals surface area contributed by atoms with E-state index in [1.807, 2.05) is 25.1 Å². The Morgan fingerprint density at radius 3 is 2.76 bits per heavy atom. The van der Waals surface area contributed by atoms with Gasteiger partial charge >= 0.3 is 0 Å². The highest BCUT2D eigenvalue weighted by atomic mass is 32.2. The number of aryl methyl sites for hydroxylation is 1. The average Bonchev–Trinajstić information content (AvgIpc) is 2.99. The van der Waals surface area contributed by atoms with Gasteiger partial charge in [-0.25, -0.2) is 4.98 Å². The molecule has 0 spiro atoms. The SMILES string of the molecule is Cc1[nH]c(SCC(=O)NCC2CCCCC2)nc1Cc1ccccc1. The second-order valence-corrected chi connectivity index (χ2v) is 7.84. The number of carbonyl (C=O) groups excluding carboxylic acids is 1. The van der Waals surface area contributed by atoms with Crippen molar-refractivity contribution >= 4 is 17.7 Å². The maximum atomic E-state index is 12.1. The minimum absolute atomic E-state index is 0.106. The van der Waals surface area contributed by atoms with Crippen LogP contribution in [0.4, 0.5) is 0 Å². The summed E-state index contributed by atoms with van der Waals surface area (Å²) in [5.41, 5.74) is 3.38. The molecule has 25 heavy (non-hydrogen) atoms. The van der Waals surface area contributed by atoms with Crippen LogP contribution in [0, 0.1) is 12.8 Å². The highest BCUT2D eigenvalue weighted by molar-refractivity contribution is 7.99. The molecule has 1 amide bonds. The number of nitrogens with zero attached hydrogens (tertiary/aromatic N) is 1. The van der Waals surface area contributed by atoms with Gasteiger partial charge in [-0.3, -0.25) is 4.79 Å². The van der Waals surface area contributed by atoms with Crippen LogP contribution in [-0.2, 0) is 11.2 Å². The zero-order valence-electron chi connectivity index (χ0n) is 14.9. The fourth-order valence-electron chi connectivity index (χ4n) is 3.33. The van der Waals surface area contributed by atoms with E-state index in [0.717, 1.165) is 29.5 Å². The third-order valence-corrected chi connectivity index (χ3v) is 5.70. The largest absolute Gasteiger partial charge is 0.355 e. The molecule has 0 saturated heterocycles. The number of H-pyrrole nitrogens is 1. The first kappa shape index (κ1) is 18.1. The van der Waals surface area contributed by atoms with Gasteiger partial charge in [0.05, 0.1) is 11.4 Å². The molecule has 1 saturated carbocycles. The summed E-state index contributed by atoms with van der Waals surface area (Å²) in [5.74, 6) is 1.20. The molecule has 2 aromatic rings. The predicted octanol–water partition coefficient (Wildman–Crippen LogP) is 4.10. The van der Waals surface area contributed by atoms with E-state index >= 15 is 0 Å². The van der Waals surface area contributed by atoms with Gasteiger partial charge in [0.2, 0.25) is 5.91 Å². The summed E-state index contributed by atoms with van der Waals surface area (Å²) in [7, 11) is 0. The maximum Gasteiger partial charge on any atom is 0.230 e. The zero-order chi connectivity index (χ0) is 17.5. The first-order valence-corrected chi connectivity index (χ1v) is 10.2. The van der Waals surface area contributed by atoms with Gasteiger partial charge in [-0.15, -0.1) is 0 Å². The fourth-order valence-corrected chi connectivity index (χ4v) is 4.10. The lowest BCUT2D eigenvalue weighted by molar-refractivity contribution is -0.118. The van der Waals surface area contributed by atoms with Crippen molar-refractivity contribution in [3.8, 4) is 0 Å². The van der Waals surface area contributed by atoms with Gasteiger partial charge in [0.1, 0.15) is 0 Å². The van der Waals surface area contributed by atoms with E-state index in [0.29, 0.717) is 11.7 Å². The number of hydrogen-bond acceptors (Lipinski definition) is 3. The number of thioether (sulfide) groups is 1. The van der Waals surface area contributed by atoms with E-state index < -0.39 is 0 Å². The van der Waals surface area contributed by atoms with E-state index in [1.54, 1.807) is 0 Å². The van der Waals surface area contributed by atoms with Crippen LogP contribution in [0.2, 0.25) is 0 Å². The summed E-state index contributed by atoms with van der Waals surface area (Å²) < 4.78 is 0. The summed E-state index contributed by atoms with van der Waals surface area (Å²) in [5, 5.41) is 3.91. The third-order valence-electron chi connectivity index (χ3n) is 4.83. The number of nitrogens with one attached hydrogen (secondary N) is 2. The maximum absolute atomic E-state index is 12.1. The molecule has 1 aliphatic carbocycles. The Morgan fingerprint density at radius 2 is 2.00 bits per heavy atom. The molecular formula is C20H27N3OS. The van der Waals surface area contributed by atoms with Gasteiger partial charge in [0.25, 0.3) is 0 Å². The molecule has 3 rings (SSSR count). The summed E-state index contributed by atoms with van der Waals surface area (Å²) in [6.07, 6.45) is 7.30. The minimum atomic E-state index is 0.106. The first-order valence-electron chi connectivity index (χ1n) is 9.19. The molecule has 2 N–H and O–H groups in total. The van der Waals surface area contributed by atoms with Crippen molar-refractivity contribution in [1.82, 2.24) is 15.3 Å². The van der Waals surface area contributed by atoms with Crippen LogP contribution in [-0.4, -0.2) is 28.2 Å². The molecule has 134 valence electrons. The van der Waals surface area contributed by atoms with E-state index in [2.05, 4.69) is 27.4 Å². The van der Waals surface area contributed by atoms with Crippen molar-refractivity contribution in [2.24, 2.45) is 5.92 Å². The molecule has 0 aliphatic heterocycles. The number of rotatable bonds is 7. The third kappa shape index (κ3) is 5.63. The second-order valence-electron chi connectivity index (χ2n) is 6.87. The quantitative estimate of drug-likeness (QED) is 0.734. The van der Waals surface area contributed by atoms with Crippen LogP contribution < -0.4 is 5.32 Å². The Morgan fingerprint density at radius 1 is 1.24 bits per heavy atom. The first-order chi connectivity index (χ1) is 12.2. The number of hydrogen-bond donors (Lipinski definition) is 2. The van der Waals surface area contributed by atoms with Gasteiger partial charge in [-0.2, -0.15) is 0 Å². The Hall–Kier alpha value is -1.75. The van der Waals surface area contributed by atoms with Gasteiger partial charge < -0.3 is 10.3 Å². The molecule has 0 atom stereocenters. The van der Waals surface area contributed by atoms with Crippen LogP contribution in [0.5, 0.6) is 0 Å². The fraction of sp³-hybridized carbons (Fsp3) is 0.500. The number of benzene rings is 1. The van der Waals surface area contributed by atoms with E-state index in [-0.39, 0.29) is 5.91 Å². The van der Waals surface area contributed by atoms with Crippen molar-refractivity contribution < 1.29 is 4.79 Å². The van der Waals surface area contributed by atoms with Crippen molar-refractivity contribution in [2.75, 3.05) is 12.3 Å². The standard InChI is InChI=1S/C20H27N3OS/c1-15-18(12-16-8-4-2-5-9-16)23-20(22-15)25-14-19(24)21-13-17-10-6-3-7-11-17/h2,4-5,8-9,17H,3,6-7,10-14H2,1H3,(H,21,24)(H,22,23). The Bertz CT molecular complexity index is 678. The molecule has 5 heteroatoms. The highest BCUT2D eigenvalue weighted by Gasteiger charge is 2.15. The van der Waals surface area contributed by atoms with Crippen molar-refractivity contribution in [1.29, 1.82) is 0 Å². The lowest BCUT2D eigenvalue weighted by Crippen LogP contribution is -2.31. The molecule has 0 radical (unpaired) electrons. The number of amides is 1. The summed E-state index contributed by atoms with van der Waals surface area (Å²) in [4.78, 5) is 20.0. The van der Waals surface area contributed by atoms with Crippen molar-refractivity contribution in [2.45, 2.75) is 50.6 Å². The molecule has 0 bridgehead atoms. The van der Waals surface area contributed by atoms with Crippen molar-refractivity contribution in [3.05, 3.63) is 47.3 Å². The van der Waals surface area contributed by atoms with Gasteiger partial charge in [-0.1, -0.05) is 61.4 Å². The van der Waals surface area contributed by atoms with Crippen LogP contribution in [0.1, 0.15) is 49.1 Å². The molecule has 1 aromatic heterocycles. The molecule has 0 unspecified atom stereocenters. The monoisotopic (exact) mass is 357 g/mol. The number of imidazole rings is 1. The Kier molecular flexibility index (Phi) is 6.56. The lowest BCUT2D eigenvalue weighted by Gasteiger charge is -2.21. The molecule has 1 fully saturated rings. The predicted molar refractivity (Wildman–Crippen MR) is 103 cm³/mol. The average molecular weight is 358 g/mol. The topological polar surface area (TPSA) is 57.8 Å². The summed E-state index contributed by atoms with van der Waals surface area (Å²) in [6, 6.07) is 10.3. The van der Waals surface area contributed by atoms with Crippen LogP contribution in [0.3, 0.4) is 0 Å². The molecule has 1 heterocycles. The van der Waals surface area contributed by atoms with Gasteiger partial charge in [0.15, 0.2) is 5.16 Å². The minimum Gasteiger partial charge on any atom is -0.355 e. The number of carbonyl (C=O) groups is 1. The number of aromatic nitrogens is 2. The van der Waals surface area contributed by atoms with Crippen molar-refractivity contribution in [3.63, 3.8) is 0 Å². The van der Waals surface area contributed by atoms with Gasteiger partial charge in [0, 0.05) is 18.7 Å². The van der Waals surface area contributed by atoms with Crippen LogP contribution >= 0.6 is 11.8 Å². The van der Waals surface area contributed by atoms with E-state index in [4.69, 9.17) is 0 Å². The summed E-state index contributed by atoms with van der Waals surface area (Å²) >= 11 is 1.48. The smallest absolute Gasteiger partial charge is 0.230 e.